The van der Waals surface area contributed by atoms with Crippen LogP contribution in [-0.4, -0.2) is 33.9 Å². The molecule has 0 radical (unpaired) electrons. The number of ether oxygens (including phenoxy) is 1. The van der Waals surface area contributed by atoms with Gasteiger partial charge in [-0.05, 0) is 31.2 Å². The highest BCUT2D eigenvalue weighted by atomic mass is 28.3. The van der Waals surface area contributed by atoms with Crippen molar-refractivity contribution in [2.45, 2.75) is 32.7 Å². The van der Waals surface area contributed by atoms with Crippen molar-refractivity contribution in [3.05, 3.63) is 29.8 Å². The summed E-state index contributed by atoms with van der Waals surface area (Å²) in [6.45, 7) is 11.7. The molecule has 3 heteroatoms. The van der Waals surface area contributed by atoms with E-state index in [0.717, 1.165) is 25.3 Å². The summed E-state index contributed by atoms with van der Waals surface area (Å²) in [6, 6.07) is 8.60. The summed E-state index contributed by atoms with van der Waals surface area (Å²) in [5.41, 5.74) is 5.79. The Kier molecular flexibility index (Phi) is 4.33. The molecule has 0 unspecified atom stereocenters. The number of rotatable bonds is 1. The van der Waals surface area contributed by atoms with Crippen molar-refractivity contribution in [2.24, 2.45) is 0 Å². The standard InChI is InChI=1S/C16H23NOSi/c1-14-13-17(10-11-18-14)16-7-5-15(6-8-16)9-12-19(2,3)4/h5-8,14H,10-11,13H2,1-4H3/t14-/m1/s1. The number of hydrogen-bond donors (Lipinski definition) is 0. The number of hydrogen-bond acceptors (Lipinski definition) is 2. The van der Waals surface area contributed by atoms with Crippen molar-refractivity contribution in [3.8, 4) is 11.5 Å². The van der Waals surface area contributed by atoms with Crippen LogP contribution in [-0.2, 0) is 4.74 Å². The fourth-order valence-corrected chi connectivity index (χ4v) is 2.59. The fraction of sp³-hybridized carbons (Fsp3) is 0.500. The topological polar surface area (TPSA) is 12.5 Å². The summed E-state index contributed by atoms with van der Waals surface area (Å²) in [4.78, 5) is 2.38. The zero-order valence-electron chi connectivity index (χ0n) is 12.4. The van der Waals surface area contributed by atoms with E-state index in [-0.39, 0.29) is 0 Å². The fourth-order valence-electron chi connectivity index (χ4n) is 2.07. The van der Waals surface area contributed by atoms with Gasteiger partial charge in [-0.15, -0.1) is 5.54 Å². The normalized spacial score (nSPS) is 19.8. The van der Waals surface area contributed by atoms with E-state index in [2.05, 4.69) is 67.2 Å². The highest BCUT2D eigenvalue weighted by Gasteiger charge is 2.16. The first kappa shape index (κ1) is 14.2. The average Bonchev–Trinajstić information content (AvgIpc) is 2.36. The number of morpholine rings is 1. The van der Waals surface area contributed by atoms with E-state index < -0.39 is 8.07 Å². The first-order valence-corrected chi connectivity index (χ1v) is 10.4. The molecule has 1 aromatic rings. The molecule has 1 aliphatic heterocycles. The molecule has 19 heavy (non-hydrogen) atoms. The van der Waals surface area contributed by atoms with Gasteiger partial charge in [0, 0.05) is 24.3 Å². The van der Waals surface area contributed by atoms with E-state index in [4.69, 9.17) is 4.74 Å². The largest absolute Gasteiger partial charge is 0.375 e. The van der Waals surface area contributed by atoms with Crippen molar-refractivity contribution in [3.63, 3.8) is 0 Å². The van der Waals surface area contributed by atoms with Gasteiger partial charge in [-0.1, -0.05) is 25.6 Å². The summed E-state index contributed by atoms with van der Waals surface area (Å²) in [5.74, 6) is 3.29. The van der Waals surface area contributed by atoms with Crippen LogP contribution in [0.15, 0.2) is 24.3 Å². The van der Waals surface area contributed by atoms with Crippen LogP contribution in [0.5, 0.6) is 0 Å². The average molecular weight is 273 g/mol. The minimum absolute atomic E-state index is 0.320. The lowest BCUT2D eigenvalue weighted by molar-refractivity contribution is 0.0532. The third kappa shape index (κ3) is 4.41. The van der Waals surface area contributed by atoms with Gasteiger partial charge >= 0.3 is 0 Å². The van der Waals surface area contributed by atoms with E-state index in [0.29, 0.717) is 6.10 Å². The molecule has 0 N–H and O–H groups in total. The van der Waals surface area contributed by atoms with Gasteiger partial charge in [-0.25, -0.2) is 0 Å². The molecule has 0 bridgehead atoms. The first-order chi connectivity index (χ1) is 8.94. The molecule has 0 aromatic heterocycles. The second kappa shape index (κ2) is 5.81. The zero-order chi connectivity index (χ0) is 13.9. The van der Waals surface area contributed by atoms with Crippen molar-refractivity contribution < 1.29 is 4.74 Å². The van der Waals surface area contributed by atoms with Gasteiger partial charge in [0.2, 0.25) is 0 Å². The molecule has 1 atom stereocenters. The SMILES string of the molecule is C[C@@H]1CN(c2ccc(C#C[Si](C)(C)C)cc2)CCO1. The molecule has 1 heterocycles. The molecule has 2 rings (SSSR count). The molecule has 102 valence electrons. The maximum atomic E-state index is 5.57. The maximum Gasteiger partial charge on any atom is 0.129 e. The van der Waals surface area contributed by atoms with Crippen molar-refractivity contribution in [2.75, 3.05) is 24.6 Å². The molecule has 1 fully saturated rings. The van der Waals surface area contributed by atoms with Gasteiger partial charge in [0.05, 0.1) is 12.7 Å². The Bertz CT molecular complexity index is 478. The van der Waals surface area contributed by atoms with Gasteiger partial charge < -0.3 is 9.64 Å². The van der Waals surface area contributed by atoms with Crippen molar-refractivity contribution in [1.82, 2.24) is 0 Å². The first-order valence-electron chi connectivity index (χ1n) is 6.94. The Balaban J connectivity index is 2.07. The highest BCUT2D eigenvalue weighted by molar-refractivity contribution is 6.83. The molecular weight excluding hydrogens is 250 g/mol. The van der Waals surface area contributed by atoms with Gasteiger partial charge in [0.25, 0.3) is 0 Å². The number of nitrogens with zero attached hydrogens (tertiary/aromatic N) is 1. The van der Waals surface area contributed by atoms with Crippen LogP contribution in [0, 0.1) is 11.5 Å². The smallest absolute Gasteiger partial charge is 0.129 e. The quantitative estimate of drug-likeness (QED) is 0.576. The van der Waals surface area contributed by atoms with Gasteiger partial charge in [-0.2, -0.15) is 0 Å². The third-order valence-corrected chi connectivity index (χ3v) is 3.93. The molecular formula is C16H23NOSi. The minimum atomic E-state index is -1.28. The lowest BCUT2D eigenvalue weighted by Crippen LogP contribution is -2.41. The predicted molar refractivity (Wildman–Crippen MR) is 84.3 cm³/mol. The maximum absolute atomic E-state index is 5.57. The molecule has 0 aliphatic carbocycles. The van der Waals surface area contributed by atoms with Crippen LogP contribution in [0.4, 0.5) is 5.69 Å². The van der Waals surface area contributed by atoms with Crippen molar-refractivity contribution in [1.29, 1.82) is 0 Å². The Hall–Kier alpha value is -1.24. The Labute approximate surface area is 117 Å². The van der Waals surface area contributed by atoms with Crippen LogP contribution < -0.4 is 4.90 Å². The lowest BCUT2D eigenvalue weighted by Gasteiger charge is -2.32. The lowest BCUT2D eigenvalue weighted by atomic mass is 10.2. The van der Waals surface area contributed by atoms with Gasteiger partial charge in [0.1, 0.15) is 8.07 Å². The Morgan fingerprint density at radius 2 is 1.89 bits per heavy atom. The van der Waals surface area contributed by atoms with Crippen LogP contribution in [0.1, 0.15) is 12.5 Å². The Morgan fingerprint density at radius 1 is 1.21 bits per heavy atom. The predicted octanol–water partition coefficient (Wildman–Crippen LogP) is 3.14. The zero-order valence-corrected chi connectivity index (χ0v) is 13.4. The summed E-state index contributed by atoms with van der Waals surface area (Å²) in [5, 5.41) is 0. The van der Waals surface area contributed by atoms with E-state index in [1.807, 2.05) is 0 Å². The molecule has 0 amide bonds. The second-order valence-corrected chi connectivity index (χ2v) is 10.9. The van der Waals surface area contributed by atoms with E-state index >= 15 is 0 Å². The Morgan fingerprint density at radius 3 is 2.47 bits per heavy atom. The summed E-state index contributed by atoms with van der Waals surface area (Å²) in [7, 11) is -1.28. The summed E-state index contributed by atoms with van der Waals surface area (Å²) >= 11 is 0. The molecule has 0 spiro atoms. The van der Waals surface area contributed by atoms with Crippen LogP contribution in [0.3, 0.4) is 0 Å². The molecule has 1 aliphatic rings. The summed E-state index contributed by atoms with van der Waals surface area (Å²) in [6.07, 6.45) is 0.320. The monoisotopic (exact) mass is 273 g/mol. The highest BCUT2D eigenvalue weighted by Crippen LogP contribution is 2.18. The molecule has 1 aromatic carbocycles. The number of benzene rings is 1. The van der Waals surface area contributed by atoms with E-state index in [1.165, 1.54) is 5.69 Å². The van der Waals surface area contributed by atoms with Crippen LogP contribution >= 0.6 is 0 Å². The molecule has 1 saturated heterocycles. The third-order valence-electron chi connectivity index (χ3n) is 3.06. The second-order valence-electron chi connectivity index (χ2n) is 6.17. The van der Waals surface area contributed by atoms with Gasteiger partial charge in [0.15, 0.2) is 0 Å². The molecule has 0 saturated carbocycles. The minimum Gasteiger partial charge on any atom is -0.375 e. The van der Waals surface area contributed by atoms with Crippen molar-refractivity contribution >= 4 is 13.8 Å². The van der Waals surface area contributed by atoms with Crippen LogP contribution in [0.25, 0.3) is 0 Å². The number of anilines is 1. The van der Waals surface area contributed by atoms with E-state index in [1.54, 1.807) is 0 Å². The van der Waals surface area contributed by atoms with E-state index in [9.17, 15) is 0 Å². The van der Waals surface area contributed by atoms with Gasteiger partial charge in [-0.3, -0.25) is 0 Å². The molecule has 2 nitrogen and oxygen atoms in total. The van der Waals surface area contributed by atoms with Crippen LogP contribution in [0.2, 0.25) is 19.6 Å². The summed E-state index contributed by atoms with van der Waals surface area (Å²) < 4.78 is 5.57.